The molecule has 0 bridgehead atoms. The summed E-state index contributed by atoms with van der Waals surface area (Å²) in [6.45, 7) is 6.40. The molecular formula is C21H20O2S. The number of hydrogen-bond donors (Lipinski definition) is 0. The van der Waals surface area contributed by atoms with Gasteiger partial charge in [0.05, 0.1) is 11.3 Å². The Balaban J connectivity index is 1.75. The standard InChI is InChI=1S/C21H20O2S/c1-21(2,3)16-10-8-14(9-11-16)17(22)13-18(23)20-12-15-6-4-5-7-19(15)24-20/h4-12H,13H2,1-3H3. The van der Waals surface area contributed by atoms with Gasteiger partial charge < -0.3 is 0 Å². The fraction of sp³-hybridized carbons (Fsp3) is 0.238. The number of carbonyl (C=O) groups is 2. The summed E-state index contributed by atoms with van der Waals surface area (Å²) in [5, 5.41) is 1.05. The van der Waals surface area contributed by atoms with Crippen molar-refractivity contribution in [3.63, 3.8) is 0 Å². The largest absolute Gasteiger partial charge is 0.294 e. The van der Waals surface area contributed by atoms with Crippen LogP contribution in [0.3, 0.4) is 0 Å². The van der Waals surface area contributed by atoms with Gasteiger partial charge in [-0.2, -0.15) is 0 Å². The van der Waals surface area contributed by atoms with Gasteiger partial charge >= 0.3 is 0 Å². The van der Waals surface area contributed by atoms with E-state index in [1.54, 1.807) is 0 Å². The van der Waals surface area contributed by atoms with Gasteiger partial charge in [0.15, 0.2) is 11.6 Å². The van der Waals surface area contributed by atoms with Crippen LogP contribution in [0.2, 0.25) is 0 Å². The van der Waals surface area contributed by atoms with Crippen molar-refractivity contribution in [1.82, 2.24) is 0 Å². The van der Waals surface area contributed by atoms with Crippen LogP contribution in [0.15, 0.2) is 54.6 Å². The molecule has 0 aliphatic heterocycles. The van der Waals surface area contributed by atoms with E-state index in [9.17, 15) is 9.59 Å². The van der Waals surface area contributed by atoms with E-state index in [0.29, 0.717) is 10.4 Å². The molecule has 0 unspecified atom stereocenters. The molecule has 0 amide bonds. The van der Waals surface area contributed by atoms with Gasteiger partial charge in [-0.25, -0.2) is 0 Å². The lowest BCUT2D eigenvalue weighted by molar-refractivity contribution is 0.0896. The molecule has 0 aliphatic rings. The maximum atomic E-state index is 12.4. The summed E-state index contributed by atoms with van der Waals surface area (Å²) in [4.78, 5) is 25.5. The van der Waals surface area contributed by atoms with E-state index in [-0.39, 0.29) is 23.4 Å². The fourth-order valence-corrected chi connectivity index (χ4v) is 3.61. The van der Waals surface area contributed by atoms with Gasteiger partial charge in [0, 0.05) is 10.3 Å². The Morgan fingerprint density at radius 1 is 0.917 bits per heavy atom. The second kappa shape index (κ2) is 6.33. The third-order valence-corrected chi connectivity index (χ3v) is 5.25. The minimum Gasteiger partial charge on any atom is -0.294 e. The van der Waals surface area contributed by atoms with Crippen LogP contribution in [0.1, 0.15) is 52.8 Å². The second-order valence-electron chi connectivity index (χ2n) is 7.00. The predicted molar refractivity (Wildman–Crippen MR) is 100 cm³/mol. The number of Topliss-reactive ketones (excluding diaryl/α,β-unsaturated/α-hetero) is 2. The molecule has 3 aromatic rings. The Bertz CT molecular complexity index is 862. The fourth-order valence-electron chi connectivity index (χ4n) is 2.61. The van der Waals surface area contributed by atoms with Crippen molar-refractivity contribution in [2.24, 2.45) is 0 Å². The molecule has 3 heteroatoms. The number of ketones is 2. The number of thiophene rings is 1. The van der Waals surface area contributed by atoms with Crippen LogP contribution in [-0.4, -0.2) is 11.6 Å². The lowest BCUT2D eigenvalue weighted by Crippen LogP contribution is -2.12. The Labute approximate surface area is 146 Å². The van der Waals surface area contributed by atoms with Crippen molar-refractivity contribution in [2.45, 2.75) is 32.6 Å². The summed E-state index contributed by atoms with van der Waals surface area (Å²) in [5.41, 5.74) is 1.82. The molecule has 0 saturated heterocycles. The highest BCUT2D eigenvalue weighted by molar-refractivity contribution is 7.20. The van der Waals surface area contributed by atoms with Crippen molar-refractivity contribution in [3.05, 3.63) is 70.6 Å². The minimum absolute atomic E-state index is 0.0501. The molecule has 1 aromatic heterocycles. The average Bonchev–Trinajstić information content (AvgIpc) is 2.98. The molecule has 2 nitrogen and oxygen atoms in total. The van der Waals surface area contributed by atoms with E-state index < -0.39 is 0 Å². The van der Waals surface area contributed by atoms with Crippen LogP contribution < -0.4 is 0 Å². The summed E-state index contributed by atoms with van der Waals surface area (Å²) in [7, 11) is 0. The Kier molecular flexibility index (Phi) is 4.37. The van der Waals surface area contributed by atoms with Gasteiger partial charge in [0.1, 0.15) is 0 Å². The van der Waals surface area contributed by atoms with Crippen molar-refractivity contribution in [2.75, 3.05) is 0 Å². The van der Waals surface area contributed by atoms with Crippen LogP contribution in [0.5, 0.6) is 0 Å². The first kappa shape index (κ1) is 16.6. The first-order chi connectivity index (χ1) is 11.3. The molecule has 1 heterocycles. The molecule has 24 heavy (non-hydrogen) atoms. The summed E-state index contributed by atoms with van der Waals surface area (Å²) >= 11 is 1.45. The van der Waals surface area contributed by atoms with Crippen molar-refractivity contribution in [1.29, 1.82) is 0 Å². The van der Waals surface area contributed by atoms with Gasteiger partial charge in [-0.3, -0.25) is 9.59 Å². The molecule has 0 saturated carbocycles. The van der Waals surface area contributed by atoms with Gasteiger partial charge in [0.25, 0.3) is 0 Å². The van der Waals surface area contributed by atoms with E-state index in [2.05, 4.69) is 20.8 Å². The highest BCUT2D eigenvalue weighted by Gasteiger charge is 2.18. The molecule has 0 N–H and O–H groups in total. The van der Waals surface area contributed by atoms with Crippen LogP contribution >= 0.6 is 11.3 Å². The molecule has 0 atom stereocenters. The zero-order valence-electron chi connectivity index (χ0n) is 14.1. The van der Waals surface area contributed by atoms with Gasteiger partial charge in [0.2, 0.25) is 0 Å². The summed E-state index contributed by atoms with van der Waals surface area (Å²) in [6, 6.07) is 17.3. The topological polar surface area (TPSA) is 34.1 Å². The van der Waals surface area contributed by atoms with Gasteiger partial charge in [-0.05, 0) is 28.5 Å². The zero-order valence-corrected chi connectivity index (χ0v) is 14.9. The second-order valence-corrected chi connectivity index (χ2v) is 8.08. The van der Waals surface area contributed by atoms with Gasteiger partial charge in [-0.15, -0.1) is 11.3 Å². The Morgan fingerprint density at radius 2 is 1.58 bits per heavy atom. The van der Waals surface area contributed by atoms with Crippen molar-refractivity contribution >= 4 is 33.0 Å². The van der Waals surface area contributed by atoms with Crippen molar-refractivity contribution in [3.8, 4) is 0 Å². The quantitative estimate of drug-likeness (QED) is 0.455. The lowest BCUT2D eigenvalue weighted by atomic mass is 9.86. The zero-order chi connectivity index (χ0) is 17.3. The molecule has 0 spiro atoms. The summed E-state index contributed by atoms with van der Waals surface area (Å²) in [5.74, 6) is -0.237. The third kappa shape index (κ3) is 3.46. The predicted octanol–water partition coefficient (Wildman–Crippen LogP) is 5.65. The lowest BCUT2D eigenvalue weighted by Gasteiger charge is -2.18. The van der Waals surface area contributed by atoms with E-state index in [1.165, 1.54) is 16.9 Å². The molecule has 122 valence electrons. The van der Waals surface area contributed by atoms with Crippen LogP contribution in [0.25, 0.3) is 10.1 Å². The number of benzene rings is 2. The first-order valence-electron chi connectivity index (χ1n) is 8.00. The Hall–Kier alpha value is -2.26. The monoisotopic (exact) mass is 336 g/mol. The van der Waals surface area contributed by atoms with E-state index in [4.69, 9.17) is 0 Å². The van der Waals surface area contributed by atoms with E-state index in [1.807, 2.05) is 54.6 Å². The van der Waals surface area contributed by atoms with Crippen LogP contribution in [0, 0.1) is 0 Å². The van der Waals surface area contributed by atoms with E-state index >= 15 is 0 Å². The number of hydrogen-bond acceptors (Lipinski definition) is 3. The van der Waals surface area contributed by atoms with Crippen molar-refractivity contribution < 1.29 is 9.59 Å². The van der Waals surface area contributed by atoms with Gasteiger partial charge in [-0.1, -0.05) is 63.2 Å². The highest BCUT2D eigenvalue weighted by Crippen LogP contribution is 2.27. The number of fused-ring (bicyclic) bond motifs is 1. The van der Waals surface area contributed by atoms with Crippen LogP contribution in [0.4, 0.5) is 0 Å². The van der Waals surface area contributed by atoms with E-state index in [0.717, 1.165) is 10.1 Å². The smallest absolute Gasteiger partial charge is 0.180 e. The van der Waals surface area contributed by atoms with Crippen LogP contribution in [-0.2, 0) is 5.41 Å². The number of rotatable bonds is 4. The minimum atomic E-state index is -0.127. The Morgan fingerprint density at radius 3 is 2.21 bits per heavy atom. The molecule has 0 fully saturated rings. The third-order valence-electron chi connectivity index (χ3n) is 4.09. The molecule has 0 aliphatic carbocycles. The SMILES string of the molecule is CC(C)(C)c1ccc(C(=O)CC(=O)c2cc3ccccc3s2)cc1. The summed E-state index contributed by atoms with van der Waals surface area (Å²) < 4.78 is 1.07. The molecule has 3 rings (SSSR count). The average molecular weight is 336 g/mol. The normalized spacial score (nSPS) is 11.6. The summed E-state index contributed by atoms with van der Waals surface area (Å²) in [6.07, 6.45) is -0.0817. The molecule has 0 radical (unpaired) electrons. The number of carbonyl (C=O) groups excluding carboxylic acids is 2. The molecule has 2 aromatic carbocycles. The maximum absolute atomic E-state index is 12.4. The first-order valence-corrected chi connectivity index (χ1v) is 8.82. The highest BCUT2D eigenvalue weighted by atomic mass is 32.1. The maximum Gasteiger partial charge on any atom is 0.180 e. The molecular weight excluding hydrogens is 316 g/mol.